The topological polar surface area (TPSA) is 41.1 Å². The predicted molar refractivity (Wildman–Crippen MR) is 73.2 cm³/mol. The number of carbonyl (C=O) groups excluding carboxylic acids is 1. The van der Waals surface area contributed by atoms with Gasteiger partial charge in [-0.1, -0.05) is 19.8 Å². The van der Waals surface area contributed by atoms with Gasteiger partial charge in [-0.25, -0.2) is 0 Å². The lowest BCUT2D eigenvalue weighted by atomic mass is 9.86. The first kappa shape index (κ1) is 13.2. The number of thioether (sulfide) groups is 1. The molecule has 2 rings (SSSR count). The maximum atomic E-state index is 11.8. The first-order chi connectivity index (χ1) is 8.25. The Morgan fingerprint density at radius 1 is 1.35 bits per heavy atom. The van der Waals surface area contributed by atoms with Crippen molar-refractivity contribution in [2.45, 2.75) is 38.6 Å². The van der Waals surface area contributed by atoms with E-state index in [4.69, 9.17) is 0 Å². The molecule has 3 nitrogen and oxygen atoms in total. The highest BCUT2D eigenvalue weighted by Gasteiger charge is 2.23. The van der Waals surface area contributed by atoms with Crippen molar-refractivity contribution < 1.29 is 4.79 Å². The van der Waals surface area contributed by atoms with Gasteiger partial charge in [-0.3, -0.25) is 4.79 Å². The third-order valence-corrected chi connectivity index (χ3v) is 5.08. The summed E-state index contributed by atoms with van der Waals surface area (Å²) in [5, 5.41) is 6.46. The predicted octanol–water partition coefficient (Wildman–Crippen LogP) is 1.63. The first-order valence-corrected chi connectivity index (χ1v) is 7.99. The van der Waals surface area contributed by atoms with E-state index in [-0.39, 0.29) is 5.91 Å². The summed E-state index contributed by atoms with van der Waals surface area (Å²) in [6.07, 6.45) is 5.04. The molecular formula is C13H24N2OS. The summed E-state index contributed by atoms with van der Waals surface area (Å²) in [4.78, 5) is 11.8. The van der Waals surface area contributed by atoms with Crippen LogP contribution in [0.15, 0.2) is 0 Å². The molecule has 1 saturated heterocycles. The average Bonchev–Trinajstić information content (AvgIpc) is 2.25. The van der Waals surface area contributed by atoms with Crippen LogP contribution >= 0.6 is 11.8 Å². The molecule has 2 atom stereocenters. The number of nitrogens with one attached hydrogen (secondary N) is 2. The SMILES string of the molecule is CC1CCCCC1NC(=O)CSCC1CNC1. The Labute approximate surface area is 108 Å². The van der Waals surface area contributed by atoms with Crippen molar-refractivity contribution in [3.63, 3.8) is 0 Å². The number of hydrogen-bond acceptors (Lipinski definition) is 3. The van der Waals surface area contributed by atoms with Gasteiger partial charge < -0.3 is 10.6 Å². The fourth-order valence-electron chi connectivity index (χ4n) is 2.56. The van der Waals surface area contributed by atoms with Crippen molar-refractivity contribution >= 4 is 17.7 Å². The summed E-state index contributed by atoms with van der Waals surface area (Å²) >= 11 is 1.78. The Hall–Kier alpha value is -0.220. The maximum absolute atomic E-state index is 11.8. The fourth-order valence-corrected chi connectivity index (χ4v) is 3.52. The van der Waals surface area contributed by atoms with E-state index < -0.39 is 0 Å². The Morgan fingerprint density at radius 2 is 2.12 bits per heavy atom. The molecule has 17 heavy (non-hydrogen) atoms. The van der Waals surface area contributed by atoms with E-state index in [1.54, 1.807) is 11.8 Å². The van der Waals surface area contributed by atoms with Crippen LogP contribution in [0.4, 0.5) is 0 Å². The van der Waals surface area contributed by atoms with Crippen LogP contribution < -0.4 is 10.6 Å². The lowest BCUT2D eigenvalue weighted by molar-refractivity contribution is -0.119. The molecule has 2 N–H and O–H groups in total. The quantitative estimate of drug-likeness (QED) is 0.785. The molecule has 2 unspecified atom stereocenters. The molecule has 0 aromatic carbocycles. The molecule has 4 heteroatoms. The van der Waals surface area contributed by atoms with Gasteiger partial charge in [0.2, 0.25) is 5.91 Å². The molecule has 0 bridgehead atoms. The van der Waals surface area contributed by atoms with Crippen LogP contribution in [0.5, 0.6) is 0 Å². The minimum Gasteiger partial charge on any atom is -0.352 e. The summed E-state index contributed by atoms with van der Waals surface area (Å²) < 4.78 is 0. The highest BCUT2D eigenvalue weighted by atomic mass is 32.2. The summed E-state index contributed by atoms with van der Waals surface area (Å²) in [6, 6.07) is 0.433. The van der Waals surface area contributed by atoms with Gasteiger partial charge in [0.05, 0.1) is 5.75 Å². The second-order valence-corrected chi connectivity index (χ2v) is 6.51. The lowest BCUT2D eigenvalue weighted by Gasteiger charge is -2.30. The molecule has 0 spiro atoms. The summed E-state index contributed by atoms with van der Waals surface area (Å²) in [5.74, 6) is 3.45. The van der Waals surface area contributed by atoms with Crippen LogP contribution in [-0.4, -0.2) is 36.5 Å². The van der Waals surface area contributed by atoms with Crippen LogP contribution in [0.3, 0.4) is 0 Å². The maximum Gasteiger partial charge on any atom is 0.230 e. The van der Waals surface area contributed by atoms with Gasteiger partial charge in [-0.05, 0) is 43.5 Å². The third-order valence-electron chi connectivity index (χ3n) is 3.91. The monoisotopic (exact) mass is 256 g/mol. The fraction of sp³-hybridized carbons (Fsp3) is 0.923. The minimum atomic E-state index is 0.237. The molecule has 0 aromatic heterocycles. The van der Waals surface area contributed by atoms with Gasteiger partial charge >= 0.3 is 0 Å². The van der Waals surface area contributed by atoms with E-state index in [1.807, 2.05) is 0 Å². The van der Waals surface area contributed by atoms with Crippen molar-refractivity contribution in [2.24, 2.45) is 11.8 Å². The van der Waals surface area contributed by atoms with E-state index in [9.17, 15) is 4.79 Å². The zero-order valence-electron chi connectivity index (χ0n) is 10.7. The molecule has 2 fully saturated rings. The molecule has 1 aliphatic heterocycles. The largest absolute Gasteiger partial charge is 0.352 e. The summed E-state index contributed by atoms with van der Waals surface area (Å²) in [6.45, 7) is 4.53. The second kappa shape index (κ2) is 6.64. The Balaban J connectivity index is 1.58. The number of rotatable bonds is 5. The standard InChI is InChI=1S/C13H24N2OS/c1-10-4-2-3-5-12(10)15-13(16)9-17-8-11-6-14-7-11/h10-12,14H,2-9H2,1H3,(H,15,16). The zero-order chi connectivity index (χ0) is 12.1. The Bertz CT molecular complexity index is 256. The average molecular weight is 256 g/mol. The molecule has 98 valence electrons. The van der Waals surface area contributed by atoms with Crippen molar-refractivity contribution in [3.8, 4) is 0 Å². The summed E-state index contributed by atoms with van der Waals surface area (Å²) in [7, 11) is 0. The molecule has 1 heterocycles. The normalized spacial score (nSPS) is 29.7. The molecule has 1 aliphatic carbocycles. The minimum absolute atomic E-state index is 0.237. The van der Waals surface area contributed by atoms with Crippen molar-refractivity contribution in [1.29, 1.82) is 0 Å². The van der Waals surface area contributed by atoms with Crippen molar-refractivity contribution in [2.75, 3.05) is 24.6 Å². The molecule has 0 radical (unpaired) electrons. The Morgan fingerprint density at radius 3 is 2.76 bits per heavy atom. The summed E-state index contributed by atoms with van der Waals surface area (Å²) in [5.41, 5.74) is 0. The molecule has 2 aliphatic rings. The molecule has 0 aromatic rings. The van der Waals surface area contributed by atoms with Gasteiger partial charge in [0.25, 0.3) is 0 Å². The molecule has 1 saturated carbocycles. The van der Waals surface area contributed by atoms with Crippen molar-refractivity contribution in [3.05, 3.63) is 0 Å². The smallest absolute Gasteiger partial charge is 0.230 e. The van der Waals surface area contributed by atoms with E-state index in [1.165, 1.54) is 25.7 Å². The van der Waals surface area contributed by atoms with Gasteiger partial charge in [-0.2, -0.15) is 11.8 Å². The van der Waals surface area contributed by atoms with Crippen LogP contribution in [0.1, 0.15) is 32.6 Å². The number of amides is 1. The highest BCUT2D eigenvalue weighted by Crippen LogP contribution is 2.23. The van der Waals surface area contributed by atoms with E-state index in [2.05, 4.69) is 17.6 Å². The number of carbonyl (C=O) groups is 1. The first-order valence-electron chi connectivity index (χ1n) is 6.83. The van der Waals surface area contributed by atoms with E-state index >= 15 is 0 Å². The van der Waals surface area contributed by atoms with Gasteiger partial charge in [-0.15, -0.1) is 0 Å². The van der Waals surface area contributed by atoms with Crippen molar-refractivity contribution in [1.82, 2.24) is 10.6 Å². The number of hydrogen-bond donors (Lipinski definition) is 2. The highest BCUT2D eigenvalue weighted by molar-refractivity contribution is 7.99. The van der Waals surface area contributed by atoms with Gasteiger partial charge in [0.15, 0.2) is 0 Å². The van der Waals surface area contributed by atoms with E-state index in [0.29, 0.717) is 17.7 Å². The van der Waals surface area contributed by atoms with Gasteiger partial charge in [0, 0.05) is 6.04 Å². The van der Waals surface area contributed by atoms with Gasteiger partial charge in [0.1, 0.15) is 0 Å². The van der Waals surface area contributed by atoms with Crippen LogP contribution in [0, 0.1) is 11.8 Å². The van der Waals surface area contributed by atoms with Crippen LogP contribution in [0.25, 0.3) is 0 Å². The van der Waals surface area contributed by atoms with E-state index in [0.717, 1.165) is 24.8 Å². The molecule has 1 amide bonds. The molecular weight excluding hydrogens is 232 g/mol. The Kier molecular flexibility index (Phi) is 5.16. The van der Waals surface area contributed by atoms with Crippen LogP contribution in [-0.2, 0) is 4.79 Å². The van der Waals surface area contributed by atoms with Crippen LogP contribution in [0.2, 0.25) is 0 Å². The second-order valence-electron chi connectivity index (χ2n) is 5.48. The lowest BCUT2D eigenvalue weighted by Crippen LogP contribution is -2.44. The zero-order valence-corrected chi connectivity index (χ0v) is 11.5. The third kappa shape index (κ3) is 4.18.